The summed E-state index contributed by atoms with van der Waals surface area (Å²) < 4.78 is 0. The number of aromatic amines is 2. The Balaban J connectivity index is 1.86. The minimum Gasteiger partial charge on any atom is -0.345 e. The van der Waals surface area contributed by atoms with E-state index in [9.17, 15) is 9.59 Å². The number of amides is 1. The Morgan fingerprint density at radius 3 is 2.90 bits per heavy atom. The van der Waals surface area contributed by atoms with Crippen LogP contribution in [0.1, 0.15) is 16.2 Å². The number of nitrogens with zero attached hydrogens (tertiary/aromatic N) is 1. The van der Waals surface area contributed by atoms with Gasteiger partial charge in [-0.1, -0.05) is 18.2 Å². The summed E-state index contributed by atoms with van der Waals surface area (Å²) in [4.78, 5) is 26.5. The third kappa shape index (κ3) is 2.31. The molecule has 0 atom stereocenters. The fourth-order valence-electron chi connectivity index (χ4n) is 1.99. The number of H-pyrrole nitrogens is 2. The van der Waals surface area contributed by atoms with E-state index in [0.29, 0.717) is 11.9 Å². The molecule has 2 heterocycles. The van der Waals surface area contributed by atoms with Crippen molar-refractivity contribution in [3.63, 3.8) is 0 Å². The third-order valence-electron chi connectivity index (χ3n) is 3.00. The molecule has 0 saturated carbocycles. The van der Waals surface area contributed by atoms with Crippen LogP contribution in [-0.4, -0.2) is 21.1 Å². The van der Waals surface area contributed by atoms with E-state index in [1.807, 2.05) is 6.07 Å². The van der Waals surface area contributed by atoms with Gasteiger partial charge in [0.2, 0.25) is 0 Å². The Labute approximate surface area is 113 Å². The summed E-state index contributed by atoms with van der Waals surface area (Å²) in [5, 5.41) is 10.6. The Morgan fingerprint density at radius 1 is 1.25 bits per heavy atom. The van der Waals surface area contributed by atoms with Gasteiger partial charge in [-0.3, -0.25) is 14.7 Å². The lowest BCUT2D eigenvalue weighted by Crippen LogP contribution is -2.26. The highest BCUT2D eigenvalue weighted by molar-refractivity contribution is 5.96. The van der Waals surface area contributed by atoms with Crippen LogP contribution >= 0.6 is 0 Å². The molecule has 0 aliphatic rings. The maximum Gasteiger partial charge on any atom is 0.268 e. The molecule has 0 spiro atoms. The first-order valence-corrected chi connectivity index (χ1v) is 6.12. The second-order valence-electron chi connectivity index (χ2n) is 4.36. The minimum absolute atomic E-state index is 0.244. The summed E-state index contributed by atoms with van der Waals surface area (Å²) in [5.41, 5.74) is 0.768. The van der Waals surface area contributed by atoms with Gasteiger partial charge in [0.15, 0.2) is 0 Å². The average Bonchev–Trinajstić information content (AvgIpc) is 2.98. The molecule has 6 nitrogen and oxygen atoms in total. The van der Waals surface area contributed by atoms with Gasteiger partial charge in [-0.25, -0.2) is 0 Å². The monoisotopic (exact) mass is 268 g/mol. The van der Waals surface area contributed by atoms with Gasteiger partial charge >= 0.3 is 0 Å². The van der Waals surface area contributed by atoms with Crippen LogP contribution in [-0.2, 0) is 6.54 Å². The van der Waals surface area contributed by atoms with Crippen molar-refractivity contribution in [2.45, 2.75) is 6.54 Å². The van der Waals surface area contributed by atoms with Crippen LogP contribution in [0.4, 0.5) is 0 Å². The van der Waals surface area contributed by atoms with Crippen molar-refractivity contribution in [1.82, 2.24) is 20.5 Å². The molecule has 0 saturated heterocycles. The molecule has 1 amide bonds. The summed E-state index contributed by atoms with van der Waals surface area (Å²) in [7, 11) is 0. The van der Waals surface area contributed by atoms with Gasteiger partial charge in [-0.2, -0.15) is 5.10 Å². The molecule has 20 heavy (non-hydrogen) atoms. The number of hydrogen-bond acceptors (Lipinski definition) is 3. The van der Waals surface area contributed by atoms with E-state index in [2.05, 4.69) is 20.5 Å². The Morgan fingerprint density at radius 2 is 2.10 bits per heavy atom. The number of aromatic nitrogens is 3. The van der Waals surface area contributed by atoms with Crippen molar-refractivity contribution < 1.29 is 4.79 Å². The summed E-state index contributed by atoms with van der Waals surface area (Å²) in [6.07, 6.45) is 1.61. The lowest BCUT2D eigenvalue weighted by atomic mass is 10.1. The molecule has 0 aliphatic carbocycles. The quantitative estimate of drug-likeness (QED) is 0.666. The van der Waals surface area contributed by atoms with Gasteiger partial charge in [0, 0.05) is 11.6 Å². The molecule has 3 rings (SSSR count). The highest BCUT2D eigenvalue weighted by atomic mass is 16.2. The molecule has 0 unspecified atom stereocenters. The van der Waals surface area contributed by atoms with Gasteiger partial charge in [-0.05, 0) is 23.6 Å². The van der Waals surface area contributed by atoms with Crippen LogP contribution in [0.5, 0.6) is 0 Å². The zero-order valence-electron chi connectivity index (χ0n) is 10.5. The number of carbonyl (C=O) groups is 1. The Bertz CT molecular complexity index is 805. The van der Waals surface area contributed by atoms with Gasteiger partial charge in [0.25, 0.3) is 11.5 Å². The van der Waals surface area contributed by atoms with Crippen LogP contribution in [0.3, 0.4) is 0 Å². The second-order valence-corrected chi connectivity index (χ2v) is 4.36. The SMILES string of the molecule is O=C(NCc1ccn[nH]1)c1cc2ccccc2c(=O)[nH]1. The predicted octanol–water partition coefficient (Wildman–Crippen LogP) is 1.18. The number of pyridine rings is 1. The minimum atomic E-state index is -0.331. The molecule has 6 heteroatoms. The van der Waals surface area contributed by atoms with Crippen molar-refractivity contribution in [2.24, 2.45) is 0 Å². The second kappa shape index (κ2) is 5.00. The van der Waals surface area contributed by atoms with Gasteiger partial charge < -0.3 is 10.3 Å². The molecular formula is C14H12N4O2. The van der Waals surface area contributed by atoms with Gasteiger partial charge in [0.05, 0.1) is 12.2 Å². The van der Waals surface area contributed by atoms with Crippen LogP contribution in [0.15, 0.2) is 47.4 Å². The molecule has 3 N–H and O–H groups in total. The standard InChI is InChI=1S/C14H12N4O2/c19-13-11-4-2-1-3-9(11)7-12(17-13)14(20)15-8-10-5-6-16-18-10/h1-7H,8H2,(H,15,20)(H,16,18)(H,17,19). The van der Waals surface area contributed by atoms with Crippen molar-refractivity contribution >= 4 is 16.7 Å². The molecule has 0 aliphatic heterocycles. The number of hydrogen-bond donors (Lipinski definition) is 3. The van der Waals surface area contributed by atoms with Crippen LogP contribution in [0.2, 0.25) is 0 Å². The van der Waals surface area contributed by atoms with E-state index in [0.717, 1.165) is 11.1 Å². The fourth-order valence-corrected chi connectivity index (χ4v) is 1.99. The number of nitrogens with one attached hydrogen (secondary N) is 3. The largest absolute Gasteiger partial charge is 0.345 e. The maximum absolute atomic E-state index is 12.0. The summed E-state index contributed by atoms with van der Waals surface area (Å²) in [6, 6.07) is 10.6. The first-order chi connectivity index (χ1) is 9.74. The van der Waals surface area contributed by atoms with E-state index in [-0.39, 0.29) is 17.2 Å². The molecule has 3 aromatic rings. The molecule has 100 valence electrons. The molecule has 0 bridgehead atoms. The molecule has 0 radical (unpaired) electrons. The van der Waals surface area contributed by atoms with Gasteiger partial charge in [0.1, 0.15) is 5.69 Å². The van der Waals surface area contributed by atoms with Crippen LogP contribution < -0.4 is 10.9 Å². The van der Waals surface area contributed by atoms with Crippen molar-refractivity contribution in [1.29, 1.82) is 0 Å². The van der Waals surface area contributed by atoms with Crippen molar-refractivity contribution in [2.75, 3.05) is 0 Å². The zero-order chi connectivity index (χ0) is 13.9. The van der Waals surface area contributed by atoms with Crippen LogP contribution in [0, 0.1) is 0 Å². The average molecular weight is 268 g/mol. The van der Waals surface area contributed by atoms with Crippen molar-refractivity contribution in [3.8, 4) is 0 Å². The zero-order valence-corrected chi connectivity index (χ0v) is 10.5. The number of carbonyl (C=O) groups excluding carboxylic acids is 1. The fraction of sp³-hybridized carbons (Fsp3) is 0.0714. The molecular weight excluding hydrogens is 256 g/mol. The summed E-state index contributed by atoms with van der Waals surface area (Å²) in [5.74, 6) is -0.331. The molecule has 1 aromatic carbocycles. The van der Waals surface area contributed by atoms with Crippen LogP contribution in [0.25, 0.3) is 10.8 Å². The maximum atomic E-state index is 12.0. The lowest BCUT2D eigenvalue weighted by molar-refractivity contribution is 0.0945. The highest BCUT2D eigenvalue weighted by Crippen LogP contribution is 2.09. The molecule has 2 aromatic heterocycles. The smallest absolute Gasteiger partial charge is 0.268 e. The van der Waals surface area contributed by atoms with E-state index in [1.54, 1.807) is 36.5 Å². The Kier molecular flexibility index (Phi) is 3.04. The predicted molar refractivity (Wildman–Crippen MR) is 74.3 cm³/mol. The van der Waals surface area contributed by atoms with Crippen molar-refractivity contribution in [3.05, 3.63) is 64.3 Å². The highest BCUT2D eigenvalue weighted by Gasteiger charge is 2.09. The summed E-state index contributed by atoms with van der Waals surface area (Å²) >= 11 is 0. The normalized spacial score (nSPS) is 10.6. The van der Waals surface area contributed by atoms with E-state index in [1.165, 1.54) is 0 Å². The first kappa shape index (κ1) is 12.2. The third-order valence-corrected chi connectivity index (χ3v) is 3.00. The molecule has 0 fully saturated rings. The topological polar surface area (TPSA) is 90.6 Å². The number of rotatable bonds is 3. The number of fused-ring (bicyclic) bond motifs is 1. The van der Waals surface area contributed by atoms with E-state index < -0.39 is 0 Å². The lowest BCUT2D eigenvalue weighted by Gasteiger charge is -2.05. The summed E-state index contributed by atoms with van der Waals surface area (Å²) in [6.45, 7) is 0.327. The van der Waals surface area contributed by atoms with Gasteiger partial charge in [-0.15, -0.1) is 0 Å². The first-order valence-electron chi connectivity index (χ1n) is 6.12. The number of benzene rings is 1. The van der Waals surface area contributed by atoms with E-state index >= 15 is 0 Å². The van der Waals surface area contributed by atoms with E-state index in [4.69, 9.17) is 0 Å². The Hall–Kier alpha value is -2.89.